The molecule has 2 saturated heterocycles. The number of nitro benzene ring substituents is 1. The minimum absolute atomic E-state index is 0.175. The van der Waals surface area contributed by atoms with Gasteiger partial charge in [0.2, 0.25) is 5.41 Å². The predicted molar refractivity (Wildman–Crippen MR) is 145 cm³/mol. The number of ether oxygens (including phenoxy) is 3. The lowest BCUT2D eigenvalue weighted by atomic mass is 9.65. The summed E-state index contributed by atoms with van der Waals surface area (Å²) in [5, 5.41) is 17.5. The van der Waals surface area contributed by atoms with E-state index < -0.39 is 57.6 Å². The Morgan fingerprint density at radius 1 is 1.02 bits per heavy atom. The molecule has 2 spiro atoms. The average molecular weight is 562 g/mol. The zero-order valence-corrected chi connectivity index (χ0v) is 23.1. The molecule has 3 unspecified atom stereocenters. The third-order valence-electron chi connectivity index (χ3n) is 8.37. The Balaban J connectivity index is 1.59. The summed E-state index contributed by atoms with van der Waals surface area (Å²) in [7, 11) is 0. The lowest BCUT2D eigenvalue weighted by molar-refractivity contribution is -0.384. The minimum Gasteiger partial charge on any atom is -0.458 e. The van der Waals surface area contributed by atoms with Crippen molar-refractivity contribution in [1.29, 1.82) is 0 Å². The van der Waals surface area contributed by atoms with Crippen LogP contribution in [-0.4, -0.2) is 51.5 Å². The molecule has 41 heavy (non-hydrogen) atoms. The Labute approximate surface area is 236 Å². The first-order valence-electron chi connectivity index (χ1n) is 13.8. The van der Waals surface area contributed by atoms with Crippen molar-refractivity contribution in [2.45, 2.75) is 82.3 Å². The summed E-state index contributed by atoms with van der Waals surface area (Å²) >= 11 is 0. The van der Waals surface area contributed by atoms with E-state index in [4.69, 9.17) is 14.2 Å². The van der Waals surface area contributed by atoms with Gasteiger partial charge in [-0.2, -0.15) is 5.10 Å². The number of nitro groups is 1. The lowest BCUT2D eigenvalue weighted by Crippen LogP contribution is -2.60. The molecule has 3 atom stereocenters. The van der Waals surface area contributed by atoms with E-state index in [0.29, 0.717) is 29.5 Å². The number of carbonyl (C=O) groups is 3. The number of benzene rings is 2. The van der Waals surface area contributed by atoms with Gasteiger partial charge < -0.3 is 14.2 Å². The summed E-state index contributed by atoms with van der Waals surface area (Å²) in [5.41, 5.74) is -1.48. The Hall–Kier alpha value is -4.28. The van der Waals surface area contributed by atoms with Crippen molar-refractivity contribution in [2.24, 2.45) is 10.5 Å². The molecule has 3 heterocycles. The van der Waals surface area contributed by atoms with Crippen molar-refractivity contribution in [3.8, 4) is 0 Å². The fourth-order valence-corrected chi connectivity index (χ4v) is 6.71. The van der Waals surface area contributed by atoms with Gasteiger partial charge in [0.1, 0.15) is 11.6 Å². The van der Waals surface area contributed by atoms with Crippen molar-refractivity contribution >= 4 is 29.8 Å². The maximum absolute atomic E-state index is 14.5. The van der Waals surface area contributed by atoms with E-state index in [2.05, 4.69) is 5.10 Å². The zero-order chi connectivity index (χ0) is 29.2. The highest BCUT2D eigenvalue weighted by molar-refractivity contribution is 6.06. The third kappa shape index (κ3) is 4.17. The normalized spacial score (nSPS) is 25.7. The van der Waals surface area contributed by atoms with Crippen LogP contribution in [0.2, 0.25) is 0 Å². The van der Waals surface area contributed by atoms with Crippen LogP contribution in [0.25, 0.3) is 0 Å². The van der Waals surface area contributed by atoms with Crippen LogP contribution in [0.1, 0.15) is 81.5 Å². The summed E-state index contributed by atoms with van der Waals surface area (Å²) in [6, 6.07) is 10.4. The average Bonchev–Trinajstić information content (AvgIpc) is 3.24. The van der Waals surface area contributed by atoms with Gasteiger partial charge in [0.05, 0.1) is 11.1 Å². The topological polar surface area (TPSA) is 138 Å². The van der Waals surface area contributed by atoms with Crippen LogP contribution in [0, 0.1) is 15.5 Å². The van der Waals surface area contributed by atoms with Gasteiger partial charge in [-0.1, -0.05) is 42.8 Å². The van der Waals surface area contributed by atoms with Crippen LogP contribution in [0.3, 0.4) is 0 Å². The van der Waals surface area contributed by atoms with E-state index in [0.717, 1.165) is 19.3 Å². The second-order valence-electron chi connectivity index (χ2n) is 12.1. The molecule has 0 radical (unpaired) electrons. The minimum atomic E-state index is -2.05. The second kappa shape index (κ2) is 9.39. The number of hydrazone groups is 1. The van der Waals surface area contributed by atoms with Gasteiger partial charge in [-0.15, -0.1) is 0 Å². The van der Waals surface area contributed by atoms with Gasteiger partial charge >= 0.3 is 17.9 Å². The van der Waals surface area contributed by atoms with Crippen LogP contribution < -0.4 is 0 Å². The van der Waals surface area contributed by atoms with Crippen LogP contribution in [-0.2, 0) is 28.6 Å². The molecule has 6 rings (SSSR count). The molecule has 2 aromatic carbocycles. The number of esters is 3. The maximum Gasteiger partial charge on any atom is 0.331 e. The first-order valence-corrected chi connectivity index (χ1v) is 13.8. The zero-order valence-electron chi connectivity index (χ0n) is 23.1. The van der Waals surface area contributed by atoms with Crippen molar-refractivity contribution < 1.29 is 33.5 Å². The van der Waals surface area contributed by atoms with Crippen molar-refractivity contribution in [1.82, 2.24) is 5.01 Å². The summed E-state index contributed by atoms with van der Waals surface area (Å²) in [6.07, 6.45) is 4.78. The molecule has 3 aliphatic heterocycles. The molecule has 0 bridgehead atoms. The molecule has 1 aliphatic carbocycles. The number of nitrogens with zero attached hydrogens (tertiary/aromatic N) is 3. The maximum atomic E-state index is 14.5. The Kier molecular flexibility index (Phi) is 6.16. The highest BCUT2D eigenvalue weighted by atomic mass is 16.7. The summed E-state index contributed by atoms with van der Waals surface area (Å²) in [6.45, 7) is 5.16. The fraction of sp³-hybridized carbons (Fsp3) is 0.467. The monoisotopic (exact) mass is 561 g/mol. The van der Waals surface area contributed by atoms with Gasteiger partial charge in [-0.05, 0) is 50.3 Å². The largest absolute Gasteiger partial charge is 0.458 e. The molecule has 0 aromatic heterocycles. The van der Waals surface area contributed by atoms with E-state index in [1.807, 2.05) is 12.1 Å². The molecule has 11 heteroatoms. The van der Waals surface area contributed by atoms with Gasteiger partial charge in [-0.25, -0.2) is 4.79 Å². The fourth-order valence-electron chi connectivity index (χ4n) is 6.71. The third-order valence-corrected chi connectivity index (χ3v) is 8.37. The molecule has 3 fully saturated rings. The van der Waals surface area contributed by atoms with Crippen LogP contribution >= 0.6 is 0 Å². The van der Waals surface area contributed by atoms with Crippen molar-refractivity contribution in [3.63, 3.8) is 0 Å². The van der Waals surface area contributed by atoms with Crippen LogP contribution in [0.15, 0.2) is 53.6 Å². The molecule has 0 amide bonds. The van der Waals surface area contributed by atoms with E-state index in [9.17, 15) is 24.5 Å². The van der Waals surface area contributed by atoms with E-state index in [1.165, 1.54) is 29.3 Å². The Bertz CT molecular complexity index is 1430. The van der Waals surface area contributed by atoms with E-state index in [-0.39, 0.29) is 5.69 Å². The SMILES string of the molecule is CC(C)(C)OC(=O)C1C(c2ccc([N+](=O)[O-])cc2)C2(C(=O)OC3(CCCCC3)OC2=O)C2c3ccccc3C=NN12. The molecule has 0 N–H and O–H groups in total. The lowest BCUT2D eigenvalue weighted by Gasteiger charge is -2.47. The standard InChI is InChI=1S/C30H31N3O8/c1-28(2,3)39-25(34)23-22(18-11-13-20(14-12-18)33(37)38)30(24-21-10-6-5-9-19(21)17-31-32(23)24)26(35)40-29(41-27(30)36)15-7-4-8-16-29/h5-6,9-14,17,22-24H,4,7-8,15-16H2,1-3H3. The number of carbonyl (C=O) groups excluding carboxylic acids is 3. The van der Waals surface area contributed by atoms with Gasteiger partial charge in [0, 0.05) is 30.9 Å². The Morgan fingerprint density at radius 2 is 1.66 bits per heavy atom. The van der Waals surface area contributed by atoms with Crippen LogP contribution in [0.5, 0.6) is 0 Å². The van der Waals surface area contributed by atoms with Crippen molar-refractivity contribution in [3.05, 3.63) is 75.3 Å². The van der Waals surface area contributed by atoms with Gasteiger partial charge in [0.25, 0.3) is 11.5 Å². The second-order valence-corrected chi connectivity index (χ2v) is 12.1. The highest BCUT2D eigenvalue weighted by Crippen LogP contribution is 2.63. The smallest absolute Gasteiger partial charge is 0.331 e. The van der Waals surface area contributed by atoms with E-state index in [1.54, 1.807) is 39.1 Å². The predicted octanol–water partition coefficient (Wildman–Crippen LogP) is 4.54. The highest BCUT2D eigenvalue weighted by Gasteiger charge is 2.76. The summed E-state index contributed by atoms with van der Waals surface area (Å²) in [5.74, 6) is -4.84. The first kappa shape index (κ1) is 26.9. The van der Waals surface area contributed by atoms with Crippen LogP contribution in [0.4, 0.5) is 5.69 Å². The molecule has 214 valence electrons. The summed E-state index contributed by atoms with van der Waals surface area (Å²) < 4.78 is 18.0. The van der Waals surface area contributed by atoms with Gasteiger partial charge in [-0.3, -0.25) is 24.7 Å². The first-order chi connectivity index (χ1) is 19.5. The number of rotatable bonds is 3. The molecule has 4 aliphatic rings. The molecule has 1 saturated carbocycles. The molecular formula is C30H31N3O8. The Morgan fingerprint density at radius 3 is 2.27 bits per heavy atom. The van der Waals surface area contributed by atoms with E-state index >= 15 is 0 Å². The van der Waals surface area contributed by atoms with Gasteiger partial charge in [0.15, 0.2) is 6.04 Å². The molecule has 11 nitrogen and oxygen atoms in total. The molecular weight excluding hydrogens is 530 g/mol. The number of hydrogen-bond acceptors (Lipinski definition) is 10. The number of non-ortho nitro benzene ring substituents is 1. The number of hydrogen-bond donors (Lipinski definition) is 0. The number of fused-ring (bicyclic) bond motifs is 4. The molecule has 2 aromatic rings. The van der Waals surface area contributed by atoms with Crippen molar-refractivity contribution in [2.75, 3.05) is 0 Å². The summed E-state index contributed by atoms with van der Waals surface area (Å²) in [4.78, 5) is 53.9. The quantitative estimate of drug-likeness (QED) is 0.229.